The number of carbonyl (C=O) groups is 1. The molecule has 0 bridgehead atoms. The number of amides is 1. The molecule has 1 aromatic rings. The van der Waals surface area contributed by atoms with E-state index >= 15 is 0 Å². The van der Waals surface area contributed by atoms with E-state index in [4.69, 9.17) is 0 Å². The molecule has 1 aliphatic heterocycles. The standard InChI is InChI=1S/C15H21NO/c1-4-12-14(17)16-13(10-15(12,2)3)11-8-6-5-7-9-11/h5-9,12-13H,4,10H2,1-3H3,(H,16,17). The van der Waals surface area contributed by atoms with Crippen molar-refractivity contribution in [1.82, 2.24) is 5.32 Å². The summed E-state index contributed by atoms with van der Waals surface area (Å²) in [5, 5.41) is 3.15. The molecule has 0 aliphatic carbocycles. The highest BCUT2D eigenvalue weighted by Gasteiger charge is 2.41. The molecular formula is C15H21NO. The Kier molecular flexibility index (Phi) is 3.23. The van der Waals surface area contributed by atoms with Gasteiger partial charge in [-0.25, -0.2) is 0 Å². The lowest BCUT2D eigenvalue weighted by Crippen LogP contribution is -2.47. The summed E-state index contributed by atoms with van der Waals surface area (Å²) >= 11 is 0. The number of hydrogen-bond donors (Lipinski definition) is 1. The first-order valence-corrected chi connectivity index (χ1v) is 6.40. The average molecular weight is 231 g/mol. The van der Waals surface area contributed by atoms with Gasteiger partial charge in [-0.15, -0.1) is 0 Å². The van der Waals surface area contributed by atoms with Gasteiger partial charge in [0.25, 0.3) is 0 Å². The van der Waals surface area contributed by atoms with Crippen LogP contribution < -0.4 is 5.32 Å². The van der Waals surface area contributed by atoms with Crippen LogP contribution in [-0.4, -0.2) is 5.91 Å². The van der Waals surface area contributed by atoms with Crippen LogP contribution in [0.4, 0.5) is 0 Å². The molecule has 17 heavy (non-hydrogen) atoms. The van der Waals surface area contributed by atoms with Crippen molar-refractivity contribution < 1.29 is 4.79 Å². The van der Waals surface area contributed by atoms with E-state index in [0.29, 0.717) is 0 Å². The van der Waals surface area contributed by atoms with Crippen molar-refractivity contribution in [3.63, 3.8) is 0 Å². The molecule has 2 unspecified atom stereocenters. The molecule has 0 spiro atoms. The van der Waals surface area contributed by atoms with Gasteiger partial charge in [-0.3, -0.25) is 4.79 Å². The van der Waals surface area contributed by atoms with Crippen LogP contribution in [0.1, 0.15) is 45.2 Å². The second kappa shape index (κ2) is 4.52. The molecule has 92 valence electrons. The van der Waals surface area contributed by atoms with Gasteiger partial charge in [-0.2, -0.15) is 0 Å². The fourth-order valence-corrected chi connectivity index (χ4v) is 2.97. The number of benzene rings is 1. The van der Waals surface area contributed by atoms with Crippen LogP contribution in [0.15, 0.2) is 30.3 Å². The van der Waals surface area contributed by atoms with E-state index in [1.165, 1.54) is 5.56 Å². The second-order valence-corrected chi connectivity index (χ2v) is 5.63. The van der Waals surface area contributed by atoms with Crippen molar-refractivity contribution in [3.05, 3.63) is 35.9 Å². The Morgan fingerprint density at radius 1 is 1.29 bits per heavy atom. The highest BCUT2D eigenvalue weighted by Crippen LogP contribution is 2.42. The van der Waals surface area contributed by atoms with Gasteiger partial charge >= 0.3 is 0 Å². The monoisotopic (exact) mass is 231 g/mol. The maximum Gasteiger partial charge on any atom is 0.224 e. The first-order chi connectivity index (χ1) is 8.04. The molecule has 0 radical (unpaired) electrons. The minimum atomic E-state index is 0.0809. The van der Waals surface area contributed by atoms with Gasteiger partial charge in [0.05, 0.1) is 6.04 Å². The smallest absolute Gasteiger partial charge is 0.224 e. The molecule has 2 atom stereocenters. The van der Waals surface area contributed by atoms with Crippen molar-refractivity contribution in [1.29, 1.82) is 0 Å². The van der Waals surface area contributed by atoms with Crippen molar-refractivity contribution in [2.24, 2.45) is 11.3 Å². The maximum absolute atomic E-state index is 12.1. The lowest BCUT2D eigenvalue weighted by Gasteiger charge is -2.42. The quantitative estimate of drug-likeness (QED) is 0.831. The van der Waals surface area contributed by atoms with E-state index in [0.717, 1.165) is 12.8 Å². The summed E-state index contributed by atoms with van der Waals surface area (Å²) in [6, 6.07) is 10.4. The van der Waals surface area contributed by atoms with Gasteiger partial charge in [0, 0.05) is 5.92 Å². The van der Waals surface area contributed by atoms with Crippen LogP contribution in [0.5, 0.6) is 0 Å². The zero-order chi connectivity index (χ0) is 12.5. The van der Waals surface area contributed by atoms with Gasteiger partial charge in [0.15, 0.2) is 0 Å². The number of carbonyl (C=O) groups excluding carboxylic acids is 1. The third-order valence-corrected chi connectivity index (χ3v) is 3.92. The number of rotatable bonds is 2. The Balaban J connectivity index is 2.23. The Hall–Kier alpha value is -1.31. The SMILES string of the molecule is CCC1C(=O)NC(c2ccccc2)CC1(C)C. The van der Waals surface area contributed by atoms with Gasteiger partial charge in [0.2, 0.25) is 5.91 Å². The highest BCUT2D eigenvalue weighted by molar-refractivity contribution is 5.80. The average Bonchev–Trinajstić information content (AvgIpc) is 2.28. The summed E-state index contributed by atoms with van der Waals surface area (Å²) in [6.07, 6.45) is 1.93. The minimum absolute atomic E-state index is 0.0809. The number of piperidine rings is 1. The van der Waals surface area contributed by atoms with Crippen molar-refractivity contribution in [2.75, 3.05) is 0 Å². The zero-order valence-electron chi connectivity index (χ0n) is 10.9. The minimum Gasteiger partial charge on any atom is -0.349 e. The van der Waals surface area contributed by atoms with Crippen LogP contribution in [-0.2, 0) is 4.79 Å². The number of nitrogens with one attached hydrogen (secondary N) is 1. The molecule has 0 aromatic heterocycles. The highest BCUT2D eigenvalue weighted by atomic mass is 16.2. The topological polar surface area (TPSA) is 29.1 Å². The third kappa shape index (κ3) is 2.36. The van der Waals surface area contributed by atoms with Crippen LogP contribution in [0.3, 0.4) is 0 Å². The van der Waals surface area contributed by atoms with Gasteiger partial charge in [-0.1, -0.05) is 51.1 Å². The largest absolute Gasteiger partial charge is 0.349 e. The fraction of sp³-hybridized carbons (Fsp3) is 0.533. The van der Waals surface area contributed by atoms with E-state index in [1.54, 1.807) is 0 Å². The second-order valence-electron chi connectivity index (χ2n) is 5.63. The van der Waals surface area contributed by atoms with E-state index in [9.17, 15) is 4.79 Å². The van der Waals surface area contributed by atoms with E-state index in [2.05, 4.69) is 38.2 Å². The van der Waals surface area contributed by atoms with Gasteiger partial charge < -0.3 is 5.32 Å². The van der Waals surface area contributed by atoms with Crippen LogP contribution in [0.2, 0.25) is 0 Å². The predicted octanol–water partition coefficient (Wildman–Crippen LogP) is 3.30. The maximum atomic E-state index is 12.1. The van der Waals surface area contributed by atoms with Gasteiger partial charge in [0.1, 0.15) is 0 Å². The lowest BCUT2D eigenvalue weighted by molar-refractivity contribution is -0.133. The van der Waals surface area contributed by atoms with Crippen LogP contribution in [0.25, 0.3) is 0 Å². The molecule has 1 aromatic carbocycles. The van der Waals surface area contributed by atoms with E-state index < -0.39 is 0 Å². The Morgan fingerprint density at radius 3 is 2.47 bits per heavy atom. The lowest BCUT2D eigenvalue weighted by atomic mass is 9.69. The fourth-order valence-electron chi connectivity index (χ4n) is 2.97. The van der Waals surface area contributed by atoms with E-state index in [1.807, 2.05) is 18.2 Å². The Labute approximate surface area is 103 Å². The molecule has 1 heterocycles. The summed E-state index contributed by atoms with van der Waals surface area (Å²) in [7, 11) is 0. The third-order valence-electron chi connectivity index (χ3n) is 3.92. The Morgan fingerprint density at radius 2 is 1.94 bits per heavy atom. The molecular weight excluding hydrogens is 210 g/mol. The molecule has 1 fully saturated rings. The Bertz CT molecular complexity index is 397. The predicted molar refractivity (Wildman–Crippen MR) is 69.5 cm³/mol. The summed E-state index contributed by atoms with van der Waals surface area (Å²) in [4.78, 5) is 12.1. The van der Waals surface area contributed by atoms with Crippen LogP contribution >= 0.6 is 0 Å². The number of hydrogen-bond acceptors (Lipinski definition) is 1. The molecule has 1 saturated heterocycles. The van der Waals surface area contributed by atoms with Crippen molar-refractivity contribution in [2.45, 2.75) is 39.7 Å². The molecule has 1 amide bonds. The molecule has 2 heteroatoms. The summed E-state index contributed by atoms with van der Waals surface area (Å²) in [6.45, 7) is 6.50. The van der Waals surface area contributed by atoms with Crippen LogP contribution in [0, 0.1) is 11.3 Å². The molecule has 2 rings (SSSR count). The van der Waals surface area contributed by atoms with Crippen molar-refractivity contribution >= 4 is 5.91 Å². The molecule has 1 N–H and O–H groups in total. The van der Waals surface area contributed by atoms with Gasteiger partial charge in [-0.05, 0) is 23.8 Å². The molecule has 2 nitrogen and oxygen atoms in total. The summed E-state index contributed by atoms with van der Waals surface area (Å²) in [5.74, 6) is 0.347. The molecule has 0 saturated carbocycles. The normalized spacial score (nSPS) is 27.6. The van der Waals surface area contributed by atoms with E-state index in [-0.39, 0.29) is 23.3 Å². The summed E-state index contributed by atoms with van der Waals surface area (Å²) in [5.41, 5.74) is 1.29. The van der Waals surface area contributed by atoms with Crippen molar-refractivity contribution in [3.8, 4) is 0 Å². The first-order valence-electron chi connectivity index (χ1n) is 6.40. The first kappa shape index (κ1) is 12.2. The summed E-state index contributed by atoms with van der Waals surface area (Å²) < 4.78 is 0. The zero-order valence-corrected chi connectivity index (χ0v) is 10.9. The molecule has 1 aliphatic rings.